The van der Waals surface area contributed by atoms with Crippen molar-refractivity contribution in [2.24, 2.45) is 0 Å². The fourth-order valence-electron chi connectivity index (χ4n) is 2.21. The van der Waals surface area contributed by atoms with E-state index in [-0.39, 0.29) is 0 Å². The van der Waals surface area contributed by atoms with Gasteiger partial charge in [-0.3, -0.25) is 0 Å². The minimum Gasteiger partial charge on any atom is -0.377 e. The van der Waals surface area contributed by atoms with Crippen LogP contribution in [-0.4, -0.2) is 39.4 Å². The molecule has 17 heavy (non-hydrogen) atoms. The minimum absolute atomic E-state index is 0.425. The van der Waals surface area contributed by atoms with Crippen molar-refractivity contribution in [3.8, 4) is 0 Å². The first-order valence-electron chi connectivity index (χ1n) is 5.97. The van der Waals surface area contributed by atoms with Crippen molar-refractivity contribution in [2.45, 2.75) is 13.0 Å². The third-order valence-corrected chi connectivity index (χ3v) is 4.03. The topological polar surface area (TPSA) is 24.5 Å². The molecule has 94 valence electrons. The summed E-state index contributed by atoms with van der Waals surface area (Å²) in [6.45, 7) is 5.66. The van der Waals surface area contributed by atoms with Crippen LogP contribution in [0.3, 0.4) is 0 Å². The van der Waals surface area contributed by atoms with Crippen molar-refractivity contribution in [3.63, 3.8) is 0 Å². The predicted molar refractivity (Wildman–Crippen MR) is 74.8 cm³/mol. The van der Waals surface area contributed by atoms with E-state index in [4.69, 9.17) is 4.74 Å². The van der Waals surface area contributed by atoms with Crippen LogP contribution in [0, 0.1) is 6.92 Å². The monoisotopic (exact) mass is 298 g/mol. The zero-order valence-electron chi connectivity index (χ0n) is 10.4. The van der Waals surface area contributed by atoms with Crippen LogP contribution < -0.4 is 10.2 Å². The van der Waals surface area contributed by atoms with Crippen LogP contribution in [0.5, 0.6) is 0 Å². The standard InChI is InChI=1S/C13H19BrN2O/c1-10-7-11(3-4-13(10)14)16-5-6-17-9-12(16)8-15-2/h3-4,7,12,15H,5-6,8-9H2,1-2H3. The van der Waals surface area contributed by atoms with Crippen molar-refractivity contribution in [1.82, 2.24) is 5.32 Å². The lowest BCUT2D eigenvalue weighted by Gasteiger charge is -2.37. The number of halogens is 1. The number of likely N-dealkylation sites (N-methyl/N-ethyl adjacent to an activating group) is 1. The first-order valence-corrected chi connectivity index (χ1v) is 6.77. The number of anilines is 1. The van der Waals surface area contributed by atoms with E-state index in [1.807, 2.05) is 7.05 Å². The van der Waals surface area contributed by atoms with Gasteiger partial charge in [0.25, 0.3) is 0 Å². The van der Waals surface area contributed by atoms with Gasteiger partial charge in [0.2, 0.25) is 0 Å². The molecule has 0 spiro atoms. The fourth-order valence-corrected chi connectivity index (χ4v) is 2.45. The Kier molecular flexibility index (Phi) is 4.42. The Morgan fingerprint density at radius 3 is 3.06 bits per heavy atom. The summed E-state index contributed by atoms with van der Waals surface area (Å²) in [6, 6.07) is 6.95. The Hall–Kier alpha value is -0.580. The Morgan fingerprint density at radius 2 is 2.35 bits per heavy atom. The number of hydrogen-bond acceptors (Lipinski definition) is 3. The zero-order chi connectivity index (χ0) is 12.3. The molecule has 1 aliphatic rings. The molecule has 1 fully saturated rings. The highest BCUT2D eigenvalue weighted by Gasteiger charge is 2.22. The van der Waals surface area contributed by atoms with E-state index in [0.29, 0.717) is 6.04 Å². The molecule has 1 aromatic carbocycles. The first kappa shape index (κ1) is 12.9. The lowest BCUT2D eigenvalue weighted by Crippen LogP contribution is -2.50. The van der Waals surface area contributed by atoms with Crippen LogP contribution in [0.25, 0.3) is 0 Å². The lowest BCUT2D eigenvalue weighted by molar-refractivity contribution is 0.0943. The van der Waals surface area contributed by atoms with Gasteiger partial charge in [-0.15, -0.1) is 0 Å². The highest BCUT2D eigenvalue weighted by atomic mass is 79.9. The number of morpholine rings is 1. The average molecular weight is 299 g/mol. The zero-order valence-corrected chi connectivity index (χ0v) is 12.0. The maximum absolute atomic E-state index is 5.55. The largest absolute Gasteiger partial charge is 0.377 e. The van der Waals surface area contributed by atoms with Crippen LogP contribution in [0.2, 0.25) is 0 Å². The highest BCUT2D eigenvalue weighted by molar-refractivity contribution is 9.10. The van der Waals surface area contributed by atoms with Crippen LogP contribution >= 0.6 is 15.9 Å². The molecular formula is C13H19BrN2O. The van der Waals surface area contributed by atoms with Gasteiger partial charge in [-0.1, -0.05) is 15.9 Å². The molecule has 0 aliphatic carbocycles. The summed E-state index contributed by atoms with van der Waals surface area (Å²) in [7, 11) is 1.99. The smallest absolute Gasteiger partial charge is 0.0683 e. The summed E-state index contributed by atoms with van der Waals surface area (Å²) in [5, 5.41) is 3.23. The summed E-state index contributed by atoms with van der Waals surface area (Å²) < 4.78 is 6.72. The van der Waals surface area contributed by atoms with Gasteiger partial charge in [-0.2, -0.15) is 0 Å². The molecule has 0 aromatic heterocycles. The molecule has 0 amide bonds. The Bertz CT molecular complexity index is 382. The van der Waals surface area contributed by atoms with E-state index in [0.717, 1.165) is 26.3 Å². The number of nitrogens with zero attached hydrogens (tertiary/aromatic N) is 1. The van der Waals surface area contributed by atoms with Gasteiger partial charge in [-0.25, -0.2) is 0 Å². The van der Waals surface area contributed by atoms with E-state index in [1.165, 1.54) is 15.7 Å². The fraction of sp³-hybridized carbons (Fsp3) is 0.538. The SMILES string of the molecule is CNCC1COCCN1c1ccc(Br)c(C)c1. The molecule has 0 saturated carbocycles. The number of aryl methyl sites for hydroxylation is 1. The van der Waals surface area contributed by atoms with Gasteiger partial charge in [0, 0.05) is 23.2 Å². The van der Waals surface area contributed by atoms with Crippen LogP contribution in [0.15, 0.2) is 22.7 Å². The molecule has 4 heteroatoms. The number of hydrogen-bond donors (Lipinski definition) is 1. The quantitative estimate of drug-likeness (QED) is 0.926. The van der Waals surface area contributed by atoms with Gasteiger partial charge in [-0.05, 0) is 37.7 Å². The lowest BCUT2D eigenvalue weighted by atomic mass is 10.1. The van der Waals surface area contributed by atoms with E-state index in [9.17, 15) is 0 Å². The van der Waals surface area contributed by atoms with Gasteiger partial charge >= 0.3 is 0 Å². The second-order valence-corrected chi connectivity index (χ2v) is 5.27. The van der Waals surface area contributed by atoms with Gasteiger partial charge in [0.15, 0.2) is 0 Å². The molecule has 0 bridgehead atoms. The van der Waals surface area contributed by atoms with Crippen molar-refractivity contribution < 1.29 is 4.74 Å². The average Bonchev–Trinajstić information content (AvgIpc) is 2.34. The van der Waals surface area contributed by atoms with Crippen molar-refractivity contribution in [2.75, 3.05) is 38.3 Å². The van der Waals surface area contributed by atoms with E-state index >= 15 is 0 Å². The van der Waals surface area contributed by atoms with Gasteiger partial charge < -0.3 is 15.0 Å². The summed E-state index contributed by atoms with van der Waals surface area (Å²) in [5.74, 6) is 0. The maximum atomic E-state index is 5.55. The molecule has 1 heterocycles. The highest BCUT2D eigenvalue weighted by Crippen LogP contribution is 2.25. The molecule has 1 N–H and O–H groups in total. The first-order chi connectivity index (χ1) is 8.22. The van der Waals surface area contributed by atoms with Crippen LogP contribution in [-0.2, 0) is 4.74 Å². The van der Waals surface area contributed by atoms with Crippen molar-refractivity contribution >= 4 is 21.6 Å². The van der Waals surface area contributed by atoms with Gasteiger partial charge in [0.05, 0.1) is 19.3 Å². The van der Waals surface area contributed by atoms with Gasteiger partial charge in [0.1, 0.15) is 0 Å². The van der Waals surface area contributed by atoms with E-state index in [2.05, 4.69) is 51.3 Å². The van der Waals surface area contributed by atoms with Crippen LogP contribution in [0.4, 0.5) is 5.69 Å². The van der Waals surface area contributed by atoms with Crippen molar-refractivity contribution in [3.05, 3.63) is 28.2 Å². The summed E-state index contributed by atoms with van der Waals surface area (Å²) >= 11 is 3.54. The summed E-state index contributed by atoms with van der Waals surface area (Å²) in [5.41, 5.74) is 2.56. The Balaban J connectivity index is 2.20. The van der Waals surface area contributed by atoms with E-state index in [1.54, 1.807) is 0 Å². The van der Waals surface area contributed by atoms with Crippen molar-refractivity contribution in [1.29, 1.82) is 0 Å². The normalized spacial score (nSPS) is 20.6. The van der Waals surface area contributed by atoms with E-state index < -0.39 is 0 Å². The third-order valence-electron chi connectivity index (χ3n) is 3.14. The number of benzene rings is 1. The molecule has 1 aromatic rings. The number of rotatable bonds is 3. The Morgan fingerprint density at radius 1 is 1.53 bits per heavy atom. The molecule has 1 unspecified atom stereocenters. The number of nitrogens with one attached hydrogen (secondary N) is 1. The Labute approximate surface area is 111 Å². The van der Waals surface area contributed by atoms with Crippen LogP contribution in [0.1, 0.15) is 5.56 Å². The third kappa shape index (κ3) is 3.00. The minimum atomic E-state index is 0.425. The maximum Gasteiger partial charge on any atom is 0.0683 e. The second kappa shape index (κ2) is 5.85. The second-order valence-electron chi connectivity index (χ2n) is 4.41. The summed E-state index contributed by atoms with van der Waals surface area (Å²) in [4.78, 5) is 2.43. The predicted octanol–water partition coefficient (Wildman–Crippen LogP) is 2.18. The molecule has 1 atom stereocenters. The molecular weight excluding hydrogens is 280 g/mol. The molecule has 2 rings (SSSR count). The molecule has 3 nitrogen and oxygen atoms in total. The summed E-state index contributed by atoms with van der Waals surface area (Å²) in [6.07, 6.45) is 0. The number of ether oxygens (including phenoxy) is 1. The molecule has 1 aliphatic heterocycles. The molecule has 1 saturated heterocycles. The molecule has 0 radical (unpaired) electrons.